The number of ether oxygens (including phenoxy) is 4. The molecular formula is C96H95Cl2N13O14S2. The highest BCUT2D eigenvalue weighted by Crippen LogP contribution is 2.48. The van der Waals surface area contributed by atoms with Crippen LogP contribution in [-0.4, -0.2) is 152 Å². The molecule has 2 atom stereocenters. The number of aromatic nitrogens is 5. The van der Waals surface area contributed by atoms with Gasteiger partial charge in [0.25, 0.3) is 43.2 Å². The molecule has 0 radical (unpaired) electrons. The summed E-state index contributed by atoms with van der Waals surface area (Å²) in [6.07, 6.45) is 15.1. The highest BCUT2D eigenvalue weighted by atomic mass is 35.5. The van der Waals surface area contributed by atoms with E-state index in [9.17, 15) is 46.7 Å². The van der Waals surface area contributed by atoms with Gasteiger partial charge in [0.2, 0.25) is 0 Å². The second-order valence-corrected chi connectivity index (χ2v) is 39.2. The van der Waals surface area contributed by atoms with Crippen LogP contribution in [0.2, 0.25) is 10.0 Å². The molecule has 0 spiro atoms. The van der Waals surface area contributed by atoms with E-state index < -0.39 is 62.9 Å². The molecule has 12 aromatic rings. The first-order valence-electron chi connectivity index (χ1n) is 42.3. The molecule has 4 N–H and O–H groups in total. The third-order valence-electron chi connectivity index (χ3n) is 24.9. The van der Waals surface area contributed by atoms with E-state index in [1.54, 1.807) is 67.1 Å². The summed E-state index contributed by atoms with van der Waals surface area (Å²) >= 11 is 12.5. The number of anilines is 2. The van der Waals surface area contributed by atoms with Crippen LogP contribution in [0, 0.1) is 38.0 Å². The van der Waals surface area contributed by atoms with Crippen molar-refractivity contribution in [1.82, 2.24) is 44.2 Å². The first-order chi connectivity index (χ1) is 61.0. The number of rotatable bonds is 22. The molecule has 2 aliphatic carbocycles. The number of allylic oxidation sites excluding steroid dienone is 2. The zero-order valence-electron chi connectivity index (χ0n) is 70.7. The second kappa shape index (κ2) is 36.1. The molecule has 0 bridgehead atoms. The Bertz CT molecular complexity index is 6550. The van der Waals surface area contributed by atoms with Gasteiger partial charge < -0.3 is 38.7 Å². The average Bonchev–Trinajstić information content (AvgIpc) is 1.31. The van der Waals surface area contributed by atoms with Crippen molar-refractivity contribution in [2.24, 2.45) is 10.8 Å². The number of piperazine rings is 2. The Labute approximate surface area is 745 Å². The lowest BCUT2D eigenvalue weighted by Crippen LogP contribution is -2.47. The van der Waals surface area contributed by atoms with E-state index >= 15 is 0 Å². The Morgan fingerprint density at radius 3 is 1.41 bits per heavy atom. The minimum absolute atomic E-state index is 0.0494. The van der Waals surface area contributed by atoms with Gasteiger partial charge in [-0.3, -0.25) is 44.6 Å². The predicted octanol–water partition coefficient (Wildman–Crippen LogP) is 18.8. The third kappa shape index (κ3) is 19.7. The molecule has 2 amide bonds. The fourth-order valence-electron chi connectivity index (χ4n) is 17.8. The zero-order chi connectivity index (χ0) is 88.6. The number of pyridine rings is 3. The SMILES string of the molecule is CC1(C)CCC(CN2CCN(c3ccc(C(=O)NS(=O)(=O)c4cc5c(c([N+](=O)[O-])c4)C[C@@H](c4ccccn4)CO5)c(Oc4cnc5[nH]ccc5c4)c3)CC2)=C(c2ccc(Cl)cc2)C1.Cc1ccc([C@@H]2COc3cc(S(=O)(=O)NC(=O)c4ccc(N5CCN(CC6=C(c7ccc(Cl)cc7)CC(C)(C)CC6)CC5)cc4Oc4cnc5[nH]ccc5c4)cc([N+](=O)[O-])c3C2)cc1. The van der Waals surface area contributed by atoms with E-state index in [4.69, 9.17) is 42.1 Å². The summed E-state index contributed by atoms with van der Waals surface area (Å²) in [6, 6.07) is 51.3. The summed E-state index contributed by atoms with van der Waals surface area (Å²) in [6.45, 7) is 19.5. The highest BCUT2D eigenvalue weighted by molar-refractivity contribution is 7.90. The summed E-state index contributed by atoms with van der Waals surface area (Å²) in [7, 11) is -9.29. The number of carbonyl (C=O) groups excluding carboxylic acids is 2. The number of aryl methyl sites for hydroxylation is 1. The third-order valence-corrected chi connectivity index (χ3v) is 28.0. The number of fused-ring (bicyclic) bond motifs is 4. The fourth-order valence-corrected chi connectivity index (χ4v) is 20.1. The summed E-state index contributed by atoms with van der Waals surface area (Å²) < 4.78 is 84.5. The van der Waals surface area contributed by atoms with Gasteiger partial charge in [0.15, 0.2) is 0 Å². The number of nitro groups is 2. The number of aromatic amines is 2. The number of hydrogen-bond donors (Lipinski definition) is 4. The first-order valence-corrected chi connectivity index (χ1v) is 46.1. The number of nitro benzene ring substituents is 2. The number of H-pyrrole nitrogens is 2. The van der Waals surface area contributed by atoms with Gasteiger partial charge in [-0.15, -0.1) is 0 Å². The van der Waals surface area contributed by atoms with E-state index in [-0.39, 0.29) is 88.4 Å². The Morgan fingerprint density at radius 2 is 0.976 bits per heavy atom. The number of hydrogen-bond acceptors (Lipinski definition) is 21. The van der Waals surface area contributed by atoms with Gasteiger partial charge in [-0.2, -0.15) is 0 Å². The maximum atomic E-state index is 14.1. The van der Waals surface area contributed by atoms with Crippen LogP contribution >= 0.6 is 23.2 Å². The number of sulfonamides is 2. The normalized spacial score (nSPS) is 17.8. The summed E-state index contributed by atoms with van der Waals surface area (Å²) in [4.78, 5) is 79.3. The molecule has 4 aliphatic heterocycles. The van der Waals surface area contributed by atoms with E-state index in [2.05, 4.69) is 106 Å². The number of amides is 2. The van der Waals surface area contributed by atoms with E-state index in [1.165, 1.54) is 64.0 Å². The lowest BCUT2D eigenvalue weighted by atomic mass is 9.72. The van der Waals surface area contributed by atoms with Crippen LogP contribution in [-0.2, 0) is 32.9 Å². The standard InChI is InChI=1S/C49H49ClN6O7S.C47H46ClN7O7S/c1-31-4-6-32(7-5-31)36-23-42-44(56(58)59)25-40(26-45(42)62-30-36)64(60,61)53-48(57)41-13-12-38(24-46(41)63-39-22-34-15-17-51-47(34)52-28-39)55-20-18-54(19-21-55)29-35-14-16-49(2,3)27-43(35)33-8-10-37(50)11-9-33;1-47(2)14-12-32(40(26-47)30-6-8-34(48)9-7-30)28-53-17-19-54(20-18-53)35-10-11-38(44(23-35)62-36-21-31-13-16-50-45(31)51-27-36)46(56)52-63(59,60)37-24-42(55(57)58)39-22-33(29-61-43(39)25-37)41-5-3-4-15-49-41/h4-13,15,17,22,24-26,28,36H,14,16,18-21,23,27,29-30H2,1-3H3,(H,51,52)(H,53,57);3-11,13,15-16,21,23-25,27,33H,12,14,17-20,22,26,28-29H2,1-2H3,(H,50,51)(H,52,56)/t36-;33-/m01/s1. The van der Waals surface area contributed by atoms with Crippen LogP contribution in [0.15, 0.2) is 228 Å². The van der Waals surface area contributed by atoms with Crippen molar-refractivity contribution in [3.8, 4) is 34.5 Å². The smallest absolute Gasteiger partial charge is 0.277 e. The largest absolute Gasteiger partial charge is 0.492 e. The lowest BCUT2D eigenvalue weighted by Gasteiger charge is -2.39. The predicted molar refractivity (Wildman–Crippen MR) is 489 cm³/mol. The molecular weight excluding hydrogens is 1690 g/mol. The van der Waals surface area contributed by atoms with Crippen molar-refractivity contribution in [2.45, 2.75) is 108 Å². The first kappa shape index (κ1) is 86.6. The van der Waals surface area contributed by atoms with Crippen molar-refractivity contribution >= 4 is 111 Å². The molecule has 7 aromatic carbocycles. The van der Waals surface area contributed by atoms with Gasteiger partial charge in [-0.25, -0.2) is 36.2 Å². The van der Waals surface area contributed by atoms with E-state index in [1.807, 2.05) is 79.7 Å². The van der Waals surface area contributed by atoms with Crippen LogP contribution in [0.1, 0.15) is 138 Å². The molecule has 0 saturated carbocycles. The quantitative estimate of drug-likeness (QED) is 0.0362. The number of halogens is 2. The Morgan fingerprint density at radius 1 is 0.535 bits per heavy atom. The van der Waals surface area contributed by atoms with Gasteiger partial charge in [0, 0.05) is 170 Å². The Balaban J connectivity index is 0.000000179. The van der Waals surface area contributed by atoms with Crippen molar-refractivity contribution in [2.75, 3.05) is 88.5 Å². The molecule has 9 heterocycles. The Kier molecular flexibility index (Phi) is 24.6. The highest BCUT2D eigenvalue weighted by Gasteiger charge is 2.38. The number of benzene rings is 7. The molecule has 27 nitrogen and oxygen atoms in total. The van der Waals surface area contributed by atoms with E-state index in [0.717, 1.165) is 146 Å². The van der Waals surface area contributed by atoms with Crippen LogP contribution in [0.5, 0.6) is 34.5 Å². The minimum Gasteiger partial charge on any atom is -0.492 e. The number of nitrogens with one attached hydrogen (secondary N) is 4. The topological polar surface area (TPSA) is 333 Å². The molecule has 2 fully saturated rings. The van der Waals surface area contributed by atoms with Crippen LogP contribution in [0.25, 0.3) is 33.2 Å². The summed E-state index contributed by atoms with van der Waals surface area (Å²) in [5.41, 5.74) is 13.9. The molecule has 127 heavy (non-hydrogen) atoms. The van der Waals surface area contributed by atoms with Gasteiger partial charge in [0.05, 0.1) is 67.5 Å². The molecule has 6 aliphatic rings. The zero-order valence-corrected chi connectivity index (χ0v) is 73.9. The van der Waals surface area contributed by atoms with Crippen LogP contribution in [0.3, 0.4) is 0 Å². The molecule has 654 valence electrons. The van der Waals surface area contributed by atoms with Crippen molar-refractivity contribution < 1.29 is 55.2 Å². The van der Waals surface area contributed by atoms with Crippen molar-refractivity contribution in [1.29, 1.82) is 0 Å². The van der Waals surface area contributed by atoms with Crippen LogP contribution < -0.4 is 38.2 Å². The van der Waals surface area contributed by atoms with Gasteiger partial charge in [0.1, 0.15) is 45.8 Å². The number of nitrogens with zero attached hydrogens (tertiary/aromatic N) is 9. The molecule has 0 unspecified atom stereocenters. The second-order valence-electron chi connectivity index (χ2n) is 34.9. The van der Waals surface area contributed by atoms with Gasteiger partial charge in [-0.05, 0) is 182 Å². The van der Waals surface area contributed by atoms with Gasteiger partial charge in [-0.1, -0.05) is 122 Å². The maximum Gasteiger partial charge on any atom is 0.277 e. The number of carbonyl (C=O) groups is 2. The van der Waals surface area contributed by atoms with Gasteiger partial charge >= 0.3 is 0 Å². The monoisotopic (exact) mass is 1790 g/mol. The summed E-state index contributed by atoms with van der Waals surface area (Å²) in [5, 5.41) is 27.7. The molecule has 18 rings (SSSR count). The molecule has 5 aromatic heterocycles. The van der Waals surface area contributed by atoms with E-state index in [0.29, 0.717) is 47.1 Å². The molecule has 2 saturated heterocycles. The summed E-state index contributed by atoms with van der Waals surface area (Å²) in [5.74, 6) is -1.30. The Hall–Kier alpha value is -12.5. The van der Waals surface area contributed by atoms with Crippen molar-refractivity contribution in [3.63, 3.8) is 0 Å². The molecule has 31 heteroatoms. The van der Waals surface area contributed by atoms with Crippen molar-refractivity contribution in [3.05, 3.63) is 299 Å². The lowest BCUT2D eigenvalue weighted by molar-refractivity contribution is -0.386. The maximum absolute atomic E-state index is 14.1. The fraction of sp³-hybridized carbons (Fsp3) is 0.302. The minimum atomic E-state index is -4.65. The average molecular weight is 1790 g/mol. The van der Waals surface area contributed by atoms with Crippen LogP contribution in [0.4, 0.5) is 22.7 Å².